The number of hydrogen-bond acceptors (Lipinski definition) is 3. The Bertz CT molecular complexity index is 959. The zero-order valence-corrected chi connectivity index (χ0v) is 18.4. The Balaban J connectivity index is 1.28. The van der Waals surface area contributed by atoms with Crippen molar-refractivity contribution in [2.75, 3.05) is 0 Å². The topological polar surface area (TPSA) is 75.3 Å². The van der Waals surface area contributed by atoms with Crippen molar-refractivity contribution in [3.8, 4) is 5.75 Å². The summed E-state index contributed by atoms with van der Waals surface area (Å²) in [7, 11) is 0. The molecule has 5 rings (SSSR count). The molecule has 4 N–H and O–H groups in total. The van der Waals surface area contributed by atoms with Gasteiger partial charge in [0.15, 0.2) is 0 Å². The second-order valence-electron chi connectivity index (χ2n) is 10.3. The van der Waals surface area contributed by atoms with Gasteiger partial charge in [0.25, 0.3) is 0 Å². The summed E-state index contributed by atoms with van der Waals surface area (Å²) < 4.78 is 0. The zero-order valence-electron chi connectivity index (χ0n) is 18.4. The molecule has 2 saturated carbocycles. The minimum atomic E-state index is -0.504. The smallest absolute Gasteiger partial charge is 0.237 e. The fourth-order valence-electron chi connectivity index (χ4n) is 7.05. The van der Waals surface area contributed by atoms with Gasteiger partial charge in [-0.15, -0.1) is 0 Å². The van der Waals surface area contributed by atoms with Crippen LogP contribution in [0.3, 0.4) is 0 Å². The van der Waals surface area contributed by atoms with Gasteiger partial charge >= 0.3 is 0 Å². The summed E-state index contributed by atoms with van der Waals surface area (Å²) in [5, 5.41) is 13.2. The van der Waals surface area contributed by atoms with Crippen LogP contribution in [-0.2, 0) is 17.6 Å². The van der Waals surface area contributed by atoms with Crippen LogP contribution in [0.1, 0.15) is 61.6 Å². The normalized spacial score (nSPS) is 32.5. The van der Waals surface area contributed by atoms with Crippen molar-refractivity contribution in [1.29, 1.82) is 0 Å². The van der Waals surface area contributed by atoms with Crippen LogP contribution in [0.4, 0.5) is 0 Å². The maximum Gasteiger partial charge on any atom is 0.237 e. The van der Waals surface area contributed by atoms with Gasteiger partial charge in [0.05, 0.1) is 6.04 Å². The van der Waals surface area contributed by atoms with Crippen LogP contribution in [0.15, 0.2) is 48.5 Å². The molecular weight excluding hydrogens is 384 g/mol. The third kappa shape index (κ3) is 3.65. The number of carbonyl (C=O) groups is 1. The summed E-state index contributed by atoms with van der Waals surface area (Å²) in [6, 6.07) is 15.7. The highest BCUT2D eigenvalue weighted by Crippen LogP contribution is 2.60. The van der Waals surface area contributed by atoms with Crippen molar-refractivity contribution in [1.82, 2.24) is 5.32 Å². The van der Waals surface area contributed by atoms with Crippen molar-refractivity contribution in [3.63, 3.8) is 0 Å². The Morgan fingerprint density at radius 2 is 1.97 bits per heavy atom. The van der Waals surface area contributed by atoms with Crippen molar-refractivity contribution in [3.05, 3.63) is 65.2 Å². The van der Waals surface area contributed by atoms with Gasteiger partial charge in [-0.3, -0.25) is 4.79 Å². The van der Waals surface area contributed by atoms with Crippen LogP contribution in [0.25, 0.3) is 0 Å². The second kappa shape index (κ2) is 7.98. The number of aryl methyl sites for hydroxylation is 1. The Labute approximate surface area is 185 Å². The molecule has 0 radical (unpaired) electrons. The third-order valence-electron chi connectivity index (χ3n) is 8.66. The number of carbonyl (C=O) groups excluding carboxylic acids is 1. The number of amides is 1. The summed E-state index contributed by atoms with van der Waals surface area (Å²) >= 11 is 0. The Kier molecular flexibility index (Phi) is 5.29. The van der Waals surface area contributed by atoms with E-state index in [-0.39, 0.29) is 17.4 Å². The summed E-state index contributed by atoms with van der Waals surface area (Å²) in [5.74, 6) is 2.28. The predicted octanol–water partition coefficient (Wildman–Crippen LogP) is 4.30. The van der Waals surface area contributed by atoms with Crippen molar-refractivity contribution in [2.45, 2.75) is 69.9 Å². The Morgan fingerprint density at radius 3 is 2.77 bits per heavy atom. The monoisotopic (exact) mass is 418 g/mol. The number of nitrogens with two attached hydrogens (primary N) is 1. The Hall–Kier alpha value is -2.33. The first-order chi connectivity index (χ1) is 15.0. The molecule has 0 spiro atoms. The largest absolute Gasteiger partial charge is 0.508 e. The number of nitrogens with one attached hydrogen (secondary N) is 1. The lowest BCUT2D eigenvalue weighted by Gasteiger charge is -2.51. The molecule has 0 unspecified atom stereocenters. The molecule has 4 heteroatoms. The number of hydrogen-bond donors (Lipinski definition) is 3. The van der Waals surface area contributed by atoms with E-state index in [2.05, 4.69) is 18.3 Å². The van der Waals surface area contributed by atoms with Crippen LogP contribution in [0, 0.1) is 17.3 Å². The van der Waals surface area contributed by atoms with E-state index in [9.17, 15) is 9.90 Å². The molecule has 4 nitrogen and oxygen atoms in total. The standard InChI is InChI=1S/C27H34N2O2/c1-27-14-13-21-20-10-8-19(30)16-18(20)7-9-22(21)23(27)11-12-25(27)29-26(31)24(28)15-17-5-3-2-4-6-17/h2-6,8,10,16,21-25,30H,7,9,11-15,28H2,1H3,(H,29,31)/t21-,22-,23+,24+,25+,27+/m1/s1. The number of benzene rings is 2. The van der Waals surface area contributed by atoms with E-state index in [0.29, 0.717) is 29.9 Å². The van der Waals surface area contributed by atoms with Crippen LogP contribution < -0.4 is 11.1 Å². The van der Waals surface area contributed by atoms with E-state index in [4.69, 9.17) is 5.73 Å². The first-order valence-electron chi connectivity index (χ1n) is 11.9. The molecule has 2 aromatic rings. The minimum Gasteiger partial charge on any atom is -0.508 e. The van der Waals surface area contributed by atoms with Gasteiger partial charge in [0, 0.05) is 6.04 Å². The SMILES string of the molecule is C[C@]12CC[C@@H]3c4ccc(O)cc4CC[C@H]3[C@@H]1CC[C@@H]2NC(=O)[C@@H](N)Cc1ccccc1. The summed E-state index contributed by atoms with van der Waals surface area (Å²) in [4.78, 5) is 12.9. The van der Waals surface area contributed by atoms with Crippen molar-refractivity contribution < 1.29 is 9.90 Å². The molecule has 164 valence electrons. The lowest BCUT2D eigenvalue weighted by atomic mass is 9.55. The lowest BCUT2D eigenvalue weighted by Crippen LogP contribution is -2.53. The van der Waals surface area contributed by atoms with Crippen LogP contribution in [-0.4, -0.2) is 23.1 Å². The van der Waals surface area contributed by atoms with Gasteiger partial charge in [-0.2, -0.15) is 0 Å². The Morgan fingerprint density at radius 1 is 1.16 bits per heavy atom. The maximum absolute atomic E-state index is 12.9. The molecule has 0 saturated heterocycles. The highest BCUT2D eigenvalue weighted by Gasteiger charge is 2.55. The van der Waals surface area contributed by atoms with E-state index in [1.54, 1.807) is 0 Å². The molecule has 31 heavy (non-hydrogen) atoms. The molecule has 3 aliphatic rings. The van der Waals surface area contributed by atoms with Gasteiger partial charge in [-0.05, 0) is 96.9 Å². The van der Waals surface area contributed by atoms with Crippen LogP contribution in [0.5, 0.6) is 5.75 Å². The average molecular weight is 419 g/mol. The lowest BCUT2D eigenvalue weighted by molar-refractivity contribution is -0.124. The first-order valence-corrected chi connectivity index (χ1v) is 11.9. The molecule has 0 bridgehead atoms. The molecule has 6 atom stereocenters. The predicted molar refractivity (Wildman–Crippen MR) is 123 cm³/mol. The second-order valence-corrected chi connectivity index (χ2v) is 10.3. The zero-order chi connectivity index (χ0) is 21.6. The molecule has 0 aromatic heterocycles. The van der Waals surface area contributed by atoms with Gasteiger partial charge in [0.1, 0.15) is 5.75 Å². The molecule has 3 aliphatic carbocycles. The highest BCUT2D eigenvalue weighted by atomic mass is 16.3. The first kappa shape index (κ1) is 20.6. The molecular formula is C27H34N2O2. The number of phenols is 1. The maximum atomic E-state index is 12.9. The van der Waals surface area contributed by atoms with Crippen LogP contribution >= 0.6 is 0 Å². The highest BCUT2D eigenvalue weighted by molar-refractivity contribution is 5.82. The summed E-state index contributed by atoms with van der Waals surface area (Å²) in [5.41, 5.74) is 10.3. The number of phenolic OH excluding ortho intramolecular Hbond substituents is 1. The van der Waals surface area contributed by atoms with Gasteiger partial charge < -0.3 is 16.2 Å². The molecule has 1 amide bonds. The fourth-order valence-corrected chi connectivity index (χ4v) is 7.05. The van der Waals surface area contributed by atoms with Crippen LogP contribution in [0.2, 0.25) is 0 Å². The fraction of sp³-hybridized carbons (Fsp3) is 0.519. The van der Waals surface area contributed by atoms with E-state index < -0.39 is 6.04 Å². The van der Waals surface area contributed by atoms with Gasteiger partial charge in [0.2, 0.25) is 5.91 Å². The van der Waals surface area contributed by atoms with E-state index in [0.717, 1.165) is 31.2 Å². The van der Waals surface area contributed by atoms with Crippen molar-refractivity contribution in [2.24, 2.45) is 23.0 Å². The van der Waals surface area contributed by atoms with Gasteiger partial charge in [-0.1, -0.05) is 43.3 Å². The number of aromatic hydroxyl groups is 1. The van der Waals surface area contributed by atoms with E-state index in [1.165, 1.54) is 24.0 Å². The molecule has 2 fully saturated rings. The average Bonchev–Trinajstić information content (AvgIpc) is 3.10. The van der Waals surface area contributed by atoms with E-state index in [1.807, 2.05) is 42.5 Å². The number of rotatable bonds is 4. The summed E-state index contributed by atoms with van der Waals surface area (Å²) in [6.45, 7) is 2.40. The minimum absolute atomic E-state index is 0.0117. The quantitative estimate of drug-likeness (QED) is 0.693. The van der Waals surface area contributed by atoms with E-state index >= 15 is 0 Å². The van der Waals surface area contributed by atoms with Gasteiger partial charge in [-0.25, -0.2) is 0 Å². The molecule has 2 aromatic carbocycles. The van der Waals surface area contributed by atoms with Crippen molar-refractivity contribution >= 4 is 5.91 Å². The third-order valence-corrected chi connectivity index (χ3v) is 8.66. The number of fused-ring (bicyclic) bond motifs is 5. The summed E-state index contributed by atoms with van der Waals surface area (Å²) in [6.07, 6.45) is 7.36. The molecule has 0 heterocycles. The molecule has 0 aliphatic heterocycles.